The molecular formula is C19H16N4O4S. The third-order valence-corrected chi connectivity index (χ3v) is 6.24. The molecule has 0 amide bonds. The van der Waals surface area contributed by atoms with Crippen LogP contribution in [0.15, 0.2) is 75.5 Å². The summed E-state index contributed by atoms with van der Waals surface area (Å²) in [7, 11) is -3.68. The van der Waals surface area contributed by atoms with Gasteiger partial charge in [0.15, 0.2) is 0 Å². The number of nitrogens with one attached hydrogen (secondary N) is 1. The number of H-pyrrole nitrogens is 1. The number of aliphatic hydroxyl groups is 1. The topological polar surface area (TPSA) is 118 Å². The number of aliphatic hydroxyl groups excluding tert-OH is 1. The Hall–Kier alpha value is -3.30. The predicted octanol–water partition coefficient (Wildman–Crippen LogP) is 1.49. The van der Waals surface area contributed by atoms with Gasteiger partial charge >= 0.3 is 0 Å². The Labute approximate surface area is 160 Å². The lowest BCUT2D eigenvalue weighted by molar-refractivity contribution is 0.280. The van der Waals surface area contributed by atoms with Gasteiger partial charge in [-0.25, -0.2) is 13.1 Å². The summed E-state index contributed by atoms with van der Waals surface area (Å²) in [5, 5.41) is 20.8. The molecule has 4 aromatic rings. The molecule has 0 saturated heterocycles. The van der Waals surface area contributed by atoms with Gasteiger partial charge in [0.2, 0.25) is 9.84 Å². The molecule has 8 nitrogen and oxygen atoms in total. The Morgan fingerprint density at radius 2 is 1.82 bits per heavy atom. The first-order valence-corrected chi connectivity index (χ1v) is 9.91. The molecule has 2 aromatic carbocycles. The van der Waals surface area contributed by atoms with Crippen LogP contribution in [-0.2, 0) is 23.0 Å². The maximum absolute atomic E-state index is 12.8. The molecule has 0 bridgehead atoms. The molecule has 2 heterocycles. The van der Waals surface area contributed by atoms with E-state index in [1.165, 1.54) is 47.4 Å². The number of aromatic amines is 1. The van der Waals surface area contributed by atoms with E-state index in [9.17, 15) is 18.3 Å². The van der Waals surface area contributed by atoms with Gasteiger partial charge in [0.05, 0.1) is 46.4 Å². The second-order valence-electron chi connectivity index (χ2n) is 6.20. The van der Waals surface area contributed by atoms with E-state index in [0.29, 0.717) is 22.0 Å². The highest BCUT2D eigenvalue weighted by Gasteiger charge is 2.18. The number of aromatic nitrogens is 4. The summed E-state index contributed by atoms with van der Waals surface area (Å²) in [5.41, 5.74) is 0.803. The van der Waals surface area contributed by atoms with Crippen molar-refractivity contribution in [2.24, 2.45) is 0 Å². The van der Waals surface area contributed by atoms with Gasteiger partial charge in [-0.2, -0.15) is 10.2 Å². The molecule has 0 atom stereocenters. The van der Waals surface area contributed by atoms with Crippen molar-refractivity contribution in [1.29, 1.82) is 0 Å². The molecule has 4 rings (SSSR count). The lowest BCUT2D eigenvalue weighted by atomic mass is 10.2. The van der Waals surface area contributed by atoms with Crippen molar-refractivity contribution in [1.82, 2.24) is 20.0 Å². The molecule has 2 N–H and O–H groups in total. The summed E-state index contributed by atoms with van der Waals surface area (Å²) < 4.78 is 26.8. The van der Waals surface area contributed by atoms with Gasteiger partial charge in [0.1, 0.15) is 0 Å². The Bertz CT molecular complexity index is 1310. The number of rotatable bonds is 5. The van der Waals surface area contributed by atoms with Crippen LogP contribution in [0.5, 0.6) is 0 Å². The SMILES string of the molecule is O=c1c2ccc(S(=O)(=O)c3ccccc3)cc2cnn1Cc1[nH]ncc1CO. The maximum Gasteiger partial charge on any atom is 0.274 e. The fourth-order valence-corrected chi connectivity index (χ4v) is 4.26. The highest BCUT2D eigenvalue weighted by Crippen LogP contribution is 2.23. The Morgan fingerprint density at radius 3 is 2.57 bits per heavy atom. The molecule has 0 fully saturated rings. The smallest absolute Gasteiger partial charge is 0.274 e. The number of benzene rings is 2. The van der Waals surface area contributed by atoms with Crippen LogP contribution in [0.3, 0.4) is 0 Å². The normalized spacial score (nSPS) is 11.8. The largest absolute Gasteiger partial charge is 0.392 e. The third-order valence-electron chi connectivity index (χ3n) is 4.47. The zero-order valence-electron chi connectivity index (χ0n) is 14.6. The van der Waals surface area contributed by atoms with Gasteiger partial charge in [-0.15, -0.1) is 0 Å². The fraction of sp³-hybridized carbons (Fsp3) is 0.105. The first-order chi connectivity index (χ1) is 13.5. The minimum atomic E-state index is -3.68. The van der Waals surface area contributed by atoms with Crippen molar-refractivity contribution in [2.45, 2.75) is 22.9 Å². The number of nitrogens with zero attached hydrogens (tertiary/aromatic N) is 3. The summed E-state index contributed by atoms with van der Waals surface area (Å²) in [4.78, 5) is 13.0. The van der Waals surface area contributed by atoms with Gasteiger partial charge in [-0.3, -0.25) is 9.89 Å². The second-order valence-corrected chi connectivity index (χ2v) is 8.15. The van der Waals surface area contributed by atoms with Crippen molar-refractivity contribution < 1.29 is 13.5 Å². The molecule has 0 aliphatic carbocycles. The Kier molecular flexibility index (Phi) is 4.54. The fourth-order valence-electron chi connectivity index (χ4n) is 2.94. The summed E-state index contributed by atoms with van der Waals surface area (Å²) in [6.45, 7) is -0.0798. The molecule has 28 heavy (non-hydrogen) atoms. The van der Waals surface area contributed by atoms with Gasteiger partial charge in [0, 0.05) is 10.9 Å². The number of sulfone groups is 1. The maximum atomic E-state index is 12.8. The predicted molar refractivity (Wildman–Crippen MR) is 102 cm³/mol. The zero-order chi connectivity index (χ0) is 19.7. The van der Waals surface area contributed by atoms with E-state index >= 15 is 0 Å². The quantitative estimate of drug-likeness (QED) is 0.528. The van der Waals surface area contributed by atoms with Crippen LogP contribution < -0.4 is 5.56 Å². The van der Waals surface area contributed by atoms with Crippen molar-refractivity contribution in [3.8, 4) is 0 Å². The molecule has 0 unspecified atom stereocenters. The minimum Gasteiger partial charge on any atom is -0.392 e. The van der Waals surface area contributed by atoms with E-state index < -0.39 is 9.84 Å². The highest BCUT2D eigenvalue weighted by molar-refractivity contribution is 7.91. The summed E-state index contributed by atoms with van der Waals surface area (Å²) in [5.74, 6) is 0. The van der Waals surface area contributed by atoms with Gasteiger partial charge in [-0.1, -0.05) is 18.2 Å². The van der Waals surface area contributed by atoms with E-state index in [-0.39, 0.29) is 28.5 Å². The third kappa shape index (κ3) is 3.10. The van der Waals surface area contributed by atoms with E-state index in [1.54, 1.807) is 18.2 Å². The molecule has 142 valence electrons. The number of hydrogen-bond acceptors (Lipinski definition) is 6. The van der Waals surface area contributed by atoms with Crippen molar-refractivity contribution >= 4 is 20.6 Å². The molecule has 0 saturated carbocycles. The molecule has 0 spiro atoms. The highest BCUT2D eigenvalue weighted by atomic mass is 32.2. The molecule has 0 aliphatic rings. The summed E-state index contributed by atoms with van der Waals surface area (Å²) in [6.07, 6.45) is 2.94. The van der Waals surface area contributed by atoms with Crippen LogP contribution in [0.25, 0.3) is 10.8 Å². The molecule has 0 aliphatic heterocycles. The van der Waals surface area contributed by atoms with Crippen LogP contribution in [0.2, 0.25) is 0 Å². The van der Waals surface area contributed by atoms with Crippen LogP contribution in [0, 0.1) is 0 Å². The standard InChI is InChI=1S/C19H16N4O4S/c24-12-14-9-20-22-18(14)11-23-19(25)17-7-6-16(8-13(17)10-21-23)28(26,27)15-4-2-1-3-5-15/h1-10,24H,11-12H2,(H,20,22). The van der Waals surface area contributed by atoms with Gasteiger partial charge < -0.3 is 5.11 Å². The first kappa shape index (κ1) is 18.1. The molecule has 0 radical (unpaired) electrons. The number of fused-ring (bicyclic) bond motifs is 1. The monoisotopic (exact) mass is 396 g/mol. The Morgan fingerprint density at radius 1 is 1.04 bits per heavy atom. The average Bonchev–Trinajstić information content (AvgIpc) is 3.17. The molecule has 2 aromatic heterocycles. The molecule has 9 heteroatoms. The van der Waals surface area contributed by atoms with Crippen LogP contribution in [-0.4, -0.2) is 33.5 Å². The summed E-state index contributed by atoms with van der Waals surface area (Å²) in [6, 6.07) is 12.5. The van der Waals surface area contributed by atoms with Crippen molar-refractivity contribution in [2.75, 3.05) is 0 Å². The number of hydrogen-bond donors (Lipinski definition) is 2. The zero-order valence-corrected chi connectivity index (χ0v) is 15.4. The van der Waals surface area contributed by atoms with E-state index in [2.05, 4.69) is 15.3 Å². The average molecular weight is 396 g/mol. The van der Waals surface area contributed by atoms with Crippen molar-refractivity contribution in [3.63, 3.8) is 0 Å². The van der Waals surface area contributed by atoms with Gasteiger partial charge in [0.25, 0.3) is 5.56 Å². The summed E-state index contributed by atoms with van der Waals surface area (Å²) >= 11 is 0. The van der Waals surface area contributed by atoms with Crippen LogP contribution in [0.1, 0.15) is 11.3 Å². The van der Waals surface area contributed by atoms with Crippen molar-refractivity contribution in [3.05, 3.63) is 82.5 Å². The van der Waals surface area contributed by atoms with Crippen LogP contribution >= 0.6 is 0 Å². The van der Waals surface area contributed by atoms with E-state index in [0.717, 1.165) is 0 Å². The van der Waals surface area contributed by atoms with E-state index in [4.69, 9.17) is 0 Å². The van der Waals surface area contributed by atoms with E-state index in [1.807, 2.05) is 0 Å². The lowest BCUT2D eigenvalue weighted by Gasteiger charge is -2.08. The lowest BCUT2D eigenvalue weighted by Crippen LogP contribution is -2.24. The Balaban J connectivity index is 1.76. The van der Waals surface area contributed by atoms with Gasteiger partial charge in [-0.05, 0) is 30.3 Å². The second kappa shape index (κ2) is 7.02. The minimum absolute atomic E-state index is 0.0984. The molecular weight excluding hydrogens is 380 g/mol. The first-order valence-electron chi connectivity index (χ1n) is 8.42. The van der Waals surface area contributed by atoms with Crippen LogP contribution in [0.4, 0.5) is 0 Å².